The van der Waals surface area contributed by atoms with Crippen molar-refractivity contribution < 1.29 is 9.53 Å². The molecule has 1 amide bonds. The molecule has 158 valence electrons. The Bertz CT molecular complexity index is 885. The Morgan fingerprint density at radius 3 is 2.80 bits per heavy atom. The monoisotopic (exact) mass is 406 g/mol. The minimum absolute atomic E-state index is 0.167. The van der Waals surface area contributed by atoms with E-state index in [0.717, 1.165) is 81.8 Å². The molecule has 0 radical (unpaired) electrons. The second-order valence-electron chi connectivity index (χ2n) is 8.73. The van der Waals surface area contributed by atoms with Crippen molar-refractivity contribution in [2.75, 3.05) is 32.8 Å². The first-order valence-corrected chi connectivity index (χ1v) is 11.3. The van der Waals surface area contributed by atoms with Crippen LogP contribution in [0, 0.1) is 5.92 Å². The van der Waals surface area contributed by atoms with Gasteiger partial charge >= 0.3 is 0 Å². The summed E-state index contributed by atoms with van der Waals surface area (Å²) in [4.78, 5) is 24.8. The number of fused-ring (bicyclic) bond motifs is 2. The number of rotatable bonds is 2. The second-order valence-corrected chi connectivity index (χ2v) is 8.73. The van der Waals surface area contributed by atoms with Crippen molar-refractivity contribution in [2.45, 2.75) is 44.1 Å². The predicted molar refractivity (Wildman–Crippen MR) is 115 cm³/mol. The van der Waals surface area contributed by atoms with Crippen LogP contribution in [0.5, 0.6) is 0 Å². The highest BCUT2D eigenvalue weighted by atomic mass is 16.5. The van der Waals surface area contributed by atoms with Gasteiger partial charge in [-0.2, -0.15) is 0 Å². The quantitative estimate of drug-likeness (QED) is 0.831. The average molecular weight is 407 g/mol. The smallest absolute Gasteiger partial charge is 0.225 e. The van der Waals surface area contributed by atoms with E-state index in [9.17, 15) is 4.79 Å². The molecule has 1 N–H and O–H groups in total. The number of hydrogen-bond acceptors (Lipinski definition) is 5. The number of likely N-dealkylation sites (tertiary alicyclic amines) is 1. The Hall–Kier alpha value is -2.31. The van der Waals surface area contributed by atoms with E-state index >= 15 is 0 Å². The Balaban J connectivity index is 1.35. The van der Waals surface area contributed by atoms with Crippen LogP contribution in [0.1, 0.15) is 43.4 Å². The summed E-state index contributed by atoms with van der Waals surface area (Å²) in [7, 11) is 0. The van der Waals surface area contributed by atoms with E-state index in [4.69, 9.17) is 9.72 Å². The largest absolute Gasteiger partial charge is 0.368 e. The molecule has 1 spiro atoms. The van der Waals surface area contributed by atoms with Crippen molar-refractivity contribution in [2.24, 2.45) is 5.92 Å². The topological polar surface area (TPSA) is 67.4 Å². The number of ether oxygens (including phenoxy) is 1. The van der Waals surface area contributed by atoms with Gasteiger partial charge in [-0.1, -0.05) is 30.3 Å². The highest BCUT2D eigenvalue weighted by molar-refractivity contribution is 5.79. The first kappa shape index (κ1) is 19.6. The number of nitrogens with zero attached hydrogens (tertiary/aromatic N) is 3. The summed E-state index contributed by atoms with van der Waals surface area (Å²) >= 11 is 0. The summed E-state index contributed by atoms with van der Waals surface area (Å²) in [5.74, 6) is 1.25. The number of carbonyl (C=O) groups is 1. The maximum atomic E-state index is 13.1. The lowest BCUT2D eigenvalue weighted by Gasteiger charge is -2.44. The molecule has 0 bridgehead atoms. The van der Waals surface area contributed by atoms with Crippen LogP contribution in [0.15, 0.2) is 36.5 Å². The van der Waals surface area contributed by atoms with Crippen LogP contribution in [0.25, 0.3) is 11.4 Å². The minimum atomic E-state index is -0.387. The van der Waals surface area contributed by atoms with Crippen LogP contribution >= 0.6 is 0 Å². The van der Waals surface area contributed by atoms with Gasteiger partial charge in [0.25, 0.3) is 0 Å². The van der Waals surface area contributed by atoms with E-state index in [1.807, 2.05) is 36.5 Å². The fourth-order valence-electron chi connectivity index (χ4n) is 5.13. The van der Waals surface area contributed by atoms with Gasteiger partial charge < -0.3 is 15.0 Å². The first-order chi connectivity index (χ1) is 14.8. The second kappa shape index (κ2) is 8.44. The molecule has 0 aliphatic carbocycles. The van der Waals surface area contributed by atoms with Crippen LogP contribution in [0.3, 0.4) is 0 Å². The predicted octanol–water partition coefficient (Wildman–Crippen LogP) is 2.92. The fourth-order valence-corrected chi connectivity index (χ4v) is 5.13. The van der Waals surface area contributed by atoms with Crippen LogP contribution in [-0.2, 0) is 21.6 Å². The SMILES string of the molecule is O=C(C1CCCNCC1)N1CCC2(CC1)OCCc1cnc(-c3ccccc3)nc12. The van der Waals surface area contributed by atoms with Gasteiger partial charge in [-0.15, -0.1) is 0 Å². The normalized spacial score (nSPS) is 23.6. The summed E-state index contributed by atoms with van der Waals surface area (Å²) in [5.41, 5.74) is 2.86. The Labute approximate surface area is 178 Å². The highest BCUT2D eigenvalue weighted by Gasteiger charge is 2.44. The van der Waals surface area contributed by atoms with Crippen LogP contribution in [0.2, 0.25) is 0 Å². The zero-order valence-corrected chi connectivity index (χ0v) is 17.5. The van der Waals surface area contributed by atoms with Gasteiger partial charge in [-0.05, 0) is 57.2 Å². The molecule has 3 aliphatic rings. The Morgan fingerprint density at radius 1 is 1.13 bits per heavy atom. The number of aromatic nitrogens is 2. The van der Waals surface area contributed by atoms with Crippen molar-refractivity contribution in [1.29, 1.82) is 0 Å². The van der Waals surface area contributed by atoms with Crippen LogP contribution in [-0.4, -0.2) is 53.6 Å². The van der Waals surface area contributed by atoms with Crippen molar-refractivity contribution in [3.05, 3.63) is 47.8 Å². The van der Waals surface area contributed by atoms with Crippen molar-refractivity contribution in [3.63, 3.8) is 0 Å². The molecule has 1 aromatic carbocycles. The maximum Gasteiger partial charge on any atom is 0.225 e. The summed E-state index contributed by atoms with van der Waals surface area (Å²) < 4.78 is 6.38. The lowest BCUT2D eigenvalue weighted by Crippen LogP contribution is -2.50. The molecule has 2 fully saturated rings. The van der Waals surface area contributed by atoms with Crippen molar-refractivity contribution in [1.82, 2.24) is 20.2 Å². The van der Waals surface area contributed by atoms with Gasteiger partial charge in [0.05, 0.1) is 12.3 Å². The van der Waals surface area contributed by atoms with Gasteiger partial charge in [0.15, 0.2) is 5.82 Å². The molecule has 6 nitrogen and oxygen atoms in total. The molecule has 5 rings (SSSR count). The van der Waals surface area contributed by atoms with E-state index in [-0.39, 0.29) is 11.5 Å². The van der Waals surface area contributed by atoms with Crippen LogP contribution in [0.4, 0.5) is 0 Å². The number of hydrogen-bond donors (Lipinski definition) is 1. The molecular formula is C24H30N4O2. The molecular weight excluding hydrogens is 376 g/mol. The molecule has 2 saturated heterocycles. The molecule has 30 heavy (non-hydrogen) atoms. The van der Waals surface area contributed by atoms with Gasteiger partial charge in [0.1, 0.15) is 5.60 Å². The summed E-state index contributed by atoms with van der Waals surface area (Å²) in [5, 5.41) is 3.41. The Morgan fingerprint density at radius 2 is 1.97 bits per heavy atom. The summed E-state index contributed by atoms with van der Waals surface area (Å²) in [6.07, 6.45) is 7.48. The van der Waals surface area contributed by atoms with Gasteiger partial charge in [0, 0.05) is 30.8 Å². The van der Waals surface area contributed by atoms with Crippen molar-refractivity contribution >= 4 is 5.91 Å². The van der Waals surface area contributed by atoms with E-state index in [1.165, 1.54) is 5.56 Å². The van der Waals surface area contributed by atoms with E-state index in [2.05, 4.69) is 15.2 Å². The van der Waals surface area contributed by atoms with Gasteiger partial charge in [-0.25, -0.2) is 9.97 Å². The first-order valence-electron chi connectivity index (χ1n) is 11.3. The van der Waals surface area contributed by atoms with Crippen LogP contribution < -0.4 is 5.32 Å². The molecule has 3 aliphatic heterocycles. The third-order valence-corrected chi connectivity index (χ3v) is 6.89. The molecule has 1 atom stereocenters. The fraction of sp³-hybridized carbons (Fsp3) is 0.542. The van der Waals surface area contributed by atoms with E-state index in [0.29, 0.717) is 12.5 Å². The summed E-state index contributed by atoms with van der Waals surface area (Å²) in [6, 6.07) is 10.1. The molecule has 4 heterocycles. The van der Waals surface area contributed by atoms with Gasteiger partial charge in [0.2, 0.25) is 5.91 Å². The Kier molecular flexibility index (Phi) is 5.52. The summed E-state index contributed by atoms with van der Waals surface area (Å²) in [6.45, 7) is 4.16. The molecule has 0 saturated carbocycles. The number of nitrogens with one attached hydrogen (secondary N) is 1. The maximum absolute atomic E-state index is 13.1. The third kappa shape index (κ3) is 3.74. The number of piperidine rings is 1. The minimum Gasteiger partial charge on any atom is -0.368 e. The highest BCUT2D eigenvalue weighted by Crippen LogP contribution is 2.41. The average Bonchev–Trinajstić information content (AvgIpc) is 3.10. The number of benzene rings is 1. The molecule has 2 aromatic rings. The van der Waals surface area contributed by atoms with Crippen molar-refractivity contribution in [3.8, 4) is 11.4 Å². The molecule has 1 unspecified atom stereocenters. The zero-order chi connectivity index (χ0) is 20.4. The lowest BCUT2D eigenvalue weighted by molar-refractivity contribution is -0.145. The molecule has 6 heteroatoms. The standard InChI is InChI=1S/C24H30N4O2/c29-23(19-7-4-12-25-13-8-19)28-14-10-24(11-15-28)21-20(9-16-30-24)17-26-22(27-21)18-5-2-1-3-6-18/h1-3,5-6,17,19,25H,4,7-16H2. The third-order valence-electron chi connectivity index (χ3n) is 6.89. The molecule has 1 aromatic heterocycles. The number of carbonyl (C=O) groups excluding carboxylic acids is 1. The van der Waals surface area contributed by atoms with E-state index in [1.54, 1.807) is 0 Å². The van der Waals surface area contributed by atoms with Gasteiger partial charge in [-0.3, -0.25) is 4.79 Å². The number of amides is 1. The lowest BCUT2D eigenvalue weighted by atomic mass is 9.82. The zero-order valence-electron chi connectivity index (χ0n) is 17.5. The van der Waals surface area contributed by atoms with E-state index < -0.39 is 0 Å².